The summed E-state index contributed by atoms with van der Waals surface area (Å²) in [6, 6.07) is 6.94. The molecule has 0 radical (unpaired) electrons. The van der Waals surface area contributed by atoms with Gasteiger partial charge in [-0.25, -0.2) is 8.42 Å². The number of nitrogen functional groups attached to an aromatic ring is 1. The zero-order valence-corrected chi connectivity index (χ0v) is 13.3. The van der Waals surface area contributed by atoms with E-state index in [0.717, 1.165) is 24.1 Å². The monoisotopic (exact) mass is 355 g/mol. The van der Waals surface area contributed by atoms with Crippen LogP contribution in [0.2, 0.25) is 0 Å². The average molecular weight is 356 g/mol. The number of anilines is 1. The molecule has 7 heteroatoms. The molecule has 2 N–H and O–H groups in total. The first-order valence-electron chi connectivity index (χ1n) is 6.23. The lowest BCUT2D eigenvalue weighted by molar-refractivity contribution is 0.594. The van der Waals surface area contributed by atoms with Crippen LogP contribution < -0.4 is 5.73 Å². The van der Waals surface area contributed by atoms with Gasteiger partial charge in [-0.15, -0.1) is 0 Å². The van der Waals surface area contributed by atoms with E-state index in [4.69, 9.17) is 5.73 Å². The van der Waals surface area contributed by atoms with Gasteiger partial charge < -0.3 is 5.73 Å². The number of hydrogen-bond acceptors (Lipinski definition) is 4. The standard InChI is InChI=1S/C13H14BrN3O2S/c1-17-13(15)7-11(16-17)8-2-5-12(10(14)6-8)20(18,19)9-3-4-9/h2,5-7,9H,3-4,15H2,1H3. The first-order valence-corrected chi connectivity index (χ1v) is 8.57. The summed E-state index contributed by atoms with van der Waals surface area (Å²) in [6.45, 7) is 0. The Hall–Kier alpha value is -1.34. The molecule has 1 heterocycles. The smallest absolute Gasteiger partial charge is 0.182 e. The molecule has 1 aliphatic carbocycles. The Morgan fingerprint density at radius 2 is 2.05 bits per heavy atom. The number of nitrogens with zero attached hydrogens (tertiary/aromatic N) is 2. The SMILES string of the molecule is Cn1nc(-c2ccc(S(=O)(=O)C3CC3)c(Br)c2)cc1N. The van der Waals surface area contributed by atoms with E-state index < -0.39 is 9.84 Å². The fourth-order valence-corrected chi connectivity index (χ4v) is 4.83. The van der Waals surface area contributed by atoms with Gasteiger partial charge in [-0.05, 0) is 40.9 Å². The molecule has 0 atom stereocenters. The maximum absolute atomic E-state index is 12.3. The van der Waals surface area contributed by atoms with Gasteiger partial charge in [-0.1, -0.05) is 6.07 Å². The molecule has 1 fully saturated rings. The molecular formula is C13H14BrN3O2S. The second-order valence-corrected chi connectivity index (χ2v) is 8.02. The van der Waals surface area contributed by atoms with Crippen molar-refractivity contribution < 1.29 is 8.42 Å². The lowest BCUT2D eigenvalue weighted by Gasteiger charge is -2.06. The maximum Gasteiger partial charge on any atom is 0.182 e. The van der Waals surface area contributed by atoms with Crippen LogP contribution in [-0.4, -0.2) is 23.4 Å². The second kappa shape index (κ2) is 4.60. The van der Waals surface area contributed by atoms with E-state index in [1.807, 2.05) is 0 Å². The van der Waals surface area contributed by atoms with E-state index in [-0.39, 0.29) is 5.25 Å². The lowest BCUT2D eigenvalue weighted by atomic mass is 10.1. The summed E-state index contributed by atoms with van der Waals surface area (Å²) in [5.41, 5.74) is 7.31. The third-order valence-corrected chi connectivity index (χ3v) is 6.65. The highest BCUT2D eigenvalue weighted by Crippen LogP contribution is 2.37. The van der Waals surface area contributed by atoms with Gasteiger partial charge >= 0.3 is 0 Å². The van der Waals surface area contributed by atoms with Gasteiger partial charge in [0.2, 0.25) is 0 Å². The topological polar surface area (TPSA) is 78.0 Å². The molecule has 0 amide bonds. The van der Waals surface area contributed by atoms with Gasteiger partial charge in [-0.2, -0.15) is 5.10 Å². The minimum atomic E-state index is -3.20. The minimum Gasteiger partial charge on any atom is -0.384 e. The van der Waals surface area contributed by atoms with Crippen LogP contribution in [0, 0.1) is 0 Å². The Balaban J connectivity index is 2.03. The molecule has 1 aliphatic rings. The van der Waals surface area contributed by atoms with Crippen molar-refractivity contribution in [1.29, 1.82) is 0 Å². The van der Waals surface area contributed by atoms with Crippen molar-refractivity contribution >= 4 is 31.6 Å². The van der Waals surface area contributed by atoms with Crippen LogP contribution in [0.5, 0.6) is 0 Å². The summed E-state index contributed by atoms with van der Waals surface area (Å²) in [4.78, 5) is 0.354. The summed E-state index contributed by atoms with van der Waals surface area (Å²) in [7, 11) is -1.43. The van der Waals surface area contributed by atoms with Crippen molar-refractivity contribution in [3.05, 3.63) is 28.7 Å². The van der Waals surface area contributed by atoms with Crippen LogP contribution in [0.4, 0.5) is 5.82 Å². The Morgan fingerprint density at radius 1 is 1.35 bits per heavy atom. The fourth-order valence-electron chi connectivity index (χ4n) is 2.07. The number of nitrogens with two attached hydrogens (primary N) is 1. The molecule has 0 aliphatic heterocycles. The van der Waals surface area contributed by atoms with Crippen LogP contribution in [0.3, 0.4) is 0 Å². The van der Waals surface area contributed by atoms with Crippen molar-refractivity contribution in [2.24, 2.45) is 7.05 Å². The second-order valence-electron chi connectivity index (χ2n) is 4.97. The van der Waals surface area contributed by atoms with E-state index in [9.17, 15) is 8.42 Å². The number of halogens is 1. The van der Waals surface area contributed by atoms with Crippen molar-refractivity contribution in [3.8, 4) is 11.3 Å². The highest BCUT2D eigenvalue weighted by molar-refractivity contribution is 9.10. The number of sulfone groups is 1. The molecule has 1 aromatic heterocycles. The van der Waals surface area contributed by atoms with Gasteiger partial charge in [0.15, 0.2) is 9.84 Å². The zero-order chi connectivity index (χ0) is 14.5. The predicted molar refractivity (Wildman–Crippen MR) is 81.0 cm³/mol. The number of aryl methyl sites for hydroxylation is 1. The van der Waals surface area contributed by atoms with E-state index in [1.54, 1.807) is 36.0 Å². The minimum absolute atomic E-state index is 0.213. The van der Waals surface area contributed by atoms with Crippen LogP contribution in [0.25, 0.3) is 11.3 Å². The van der Waals surface area contributed by atoms with Crippen molar-refractivity contribution in [2.75, 3.05) is 5.73 Å². The molecular weight excluding hydrogens is 342 g/mol. The Morgan fingerprint density at radius 3 is 2.55 bits per heavy atom. The highest BCUT2D eigenvalue weighted by Gasteiger charge is 2.37. The van der Waals surface area contributed by atoms with E-state index in [0.29, 0.717) is 15.2 Å². The molecule has 0 saturated heterocycles. The van der Waals surface area contributed by atoms with Gasteiger partial charge in [-0.3, -0.25) is 4.68 Å². The Labute approximate surface area is 125 Å². The lowest BCUT2D eigenvalue weighted by Crippen LogP contribution is -2.07. The third kappa shape index (κ3) is 2.25. The highest BCUT2D eigenvalue weighted by atomic mass is 79.9. The van der Waals surface area contributed by atoms with Crippen LogP contribution in [-0.2, 0) is 16.9 Å². The first kappa shape index (κ1) is 13.6. The Kier molecular flexibility index (Phi) is 3.13. The van der Waals surface area contributed by atoms with Crippen molar-refractivity contribution in [3.63, 3.8) is 0 Å². The molecule has 3 rings (SSSR count). The van der Waals surface area contributed by atoms with Crippen LogP contribution >= 0.6 is 15.9 Å². The molecule has 2 aromatic rings. The molecule has 0 unspecified atom stereocenters. The summed E-state index contributed by atoms with van der Waals surface area (Å²) in [5, 5.41) is 4.07. The quantitative estimate of drug-likeness (QED) is 0.916. The van der Waals surface area contributed by atoms with E-state index in [1.165, 1.54) is 0 Å². The third-order valence-electron chi connectivity index (χ3n) is 3.41. The van der Waals surface area contributed by atoms with E-state index in [2.05, 4.69) is 21.0 Å². The van der Waals surface area contributed by atoms with Gasteiger partial charge in [0.1, 0.15) is 5.82 Å². The average Bonchev–Trinajstić information content (AvgIpc) is 3.17. The van der Waals surface area contributed by atoms with Crippen molar-refractivity contribution in [2.45, 2.75) is 23.0 Å². The molecule has 1 saturated carbocycles. The molecule has 5 nitrogen and oxygen atoms in total. The zero-order valence-electron chi connectivity index (χ0n) is 10.9. The van der Waals surface area contributed by atoms with E-state index >= 15 is 0 Å². The van der Waals surface area contributed by atoms with Crippen LogP contribution in [0.15, 0.2) is 33.6 Å². The molecule has 0 spiro atoms. The predicted octanol–water partition coefficient (Wildman–Crippen LogP) is 2.37. The van der Waals surface area contributed by atoms with Crippen molar-refractivity contribution in [1.82, 2.24) is 9.78 Å². The molecule has 20 heavy (non-hydrogen) atoms. The molecule has 1 aromatic carbocycles. The van der Waals surface area contributed by atoms with Gasteiger partial charge in [0.25, 0.3) is 0 Å². The Bertz CT molecular complexity index is 759. The van der Waals surface area contributed by atoms with Gasteiger partial charge in [0.05, 0.1) is 15.8 Å². The summed E-state index contributed by atoms with van der Waals surface area (Å²) < 4.78 is 26.7. The number of hydrogen-bond donors (Lipinski definition) is 1. The number of rotatable bonds is 3. The maximum atomic E-state index is 12.3. The van der Waals surface area contributed by atoms with Gasteiger partial charge in [0, 0.05) is 23.2 Å². The summed E-state index contributed by atoms with van der Waals surface area (Å²) in [6.07, 6.45) is 1.51. The summed E-state index contributed by atoms with van der Waals surface area (Å²) in [5.74, 6) is 0.561. The molecule has 106 valence electrons. The first-order chi connectivity index (χ1) is 9.39. The number of aromatic nitrogens is 2. The number of benzene rings is 1. The molecule has 0 bridgehead atoms. The normalized spacial score (nSPS) is 15.5. The fraction of sp³-hybridized carbons (Fsp3) is 0.308. The van der Waals surface area contributed by atoms with Crippen LogP contribution in [0.1, 0.15) is 12.8 Å². The summed E-state index contributed by atoms with van der Waals surface area (Å²) >= 11 is 3.36. The largest absolute Gasteiger partial charge is 0.384 e.